The molecule has 0 bridgehead atoms. The van der Waals surface area contributed by atoms with Crippen LogP contribution in [0.3, 0.4) is 0 Å². The van der Waals surface area contributed by atoms with E-state index in [2.05, 4.69) is 20.7 Å². The van der Waals surface area contributed by atoms with E-state index in [0.717, 1.165) is 5.56 Å². The molecule has 2 aromatic carbocycles. The van der Waals surface area contributed by atoms with Crippen molar-refractivity contribution in [2.24, 2.45) is 0 Å². The molecule has 3 amide bonds. The summed E-state index contributed by atoms with van der Waals surface area (Å²) in [7, 11) is 0. The number of anilines is 1. The lowest BCUT2D eigenvalue weighted by molar-refractivity contribution is 0.0757. The number of halogens is 1. The van der Waals surface area contributed by atoms with E-state index in [-0.39, 0.29) is 11.9 Å². The first-order chi connectivity index (χ1) is 14.6. The predicted molar refractivity (Wildman–Crippen MR) is 114 cm³/mol. The lowest BCUT2D eigenvalue weighted by atomic mass is 10.1. The first kappa shape index (κ1) is 19.9. The molecule has 9 heteroatoms. The molecule has 0 atom stereocenters. The fraction of sp³-hybridized carbons (Fsp3) is 0.238. The van der Waals surface area contributed by atoms with E-state index in [1.54, 1.807) is 34.1 Å². The summed E-state index contributed by atoms with van der Waals surface area (Å²) in [5.74, 6) is -0.192. The van der Waals surface area contributed by atoms with Gasteiger partial charge in [0.1, 0.15) is 5.69 Å². The maximum atomic E-state index is 13.1. The summed E-state index contributed by atoms with van der Waals surface area (Å²) < 4.78 is 0. The molecule has 30 heavy (non-hydrogen) atoms. The Kier molecular flexibility index (Phi) is 5.94. The number of benzene rings is 2. The third kappa shape index (κ3) is 4.44. The summed E-state index contributed by atoms with van der Waals surface area (Å²) in [6.07, 6.45) is 0.679. The maximum absolute atomic E-state index is 13.1. The Bertz CT molecular complexity index is 1020. The van der Waals surface area contributed by atoms with Gasteiger partial charge in [-0.3, -0.25) is 4.79 Å². The molecule has 1 aromatic heterocycles. The highest BCUT2D eigenvalue weighted by molar-refractivity contribution is 6.30. The number of carbonyl (C=O) groups is 2. The number of hydrogen-bond acceptors (Lipinski definition) is 4. The van der Waals surface area contributed by atoms with E-state index < -0.39 is 0 Å². The van der Waals surface area contributed by atoms with Gasteiger partial charge in [-0.15, -0.1) is 0 Å². The Morgan fingerprint density at radius 3 is 2.37 bits per heavy atom. The SMILES string of the molecule is O=C(Nc1ccc(Cl)cc1)N1CCCN(C(=O)c2n[nH]nc2-c2ccccc2)CC1. The van der Waals surface area contributed by atoms with Crippen molar-refractivity contribution in [2.75, 3.05) is 31.5 Å². The Balaban J connectivity index is 1.41. The average molecular weight is 425 g/mol. The number of aromatic nitrogens is 3. The van der Waals surface area contributed by atoms with Gasteiger partial charge >= 0.3 is 6.03 Å². The van der Waals surface area contributed by atoms with Gasteiger partial charge in [0.2, 0.25) is 0 Å². The van der Waals surface area contributed by atoms with E-state index in [1.165, 1.54) is 0 Å². The van der Waals surface area contributed by atoms with Crippen LogP contribution < -0.4 is 5.32 Å². The van der Waals surface area contributed by atoms with Gasteiger partial charge in [-0.1, -0.05) is 41.9 Å². The average Bonchev–Trinajstić information content (AvgIpc) is 3.13. The summed E-state index contributed by atoms with van der Waals surface area (Å²) in [4.78, 5) is 29.1. The second kappa shape index (κ2) is 8.96. The smallest absolute Gasteiger partial charge is 0.321 e. The standard InChI is InChI=1S/C21H21ClN6O2/c22-16-7-9-17(10-8-16)23-21(30)28-12-4-11-27(13-14-28)20(29)19-18(24-26-25-19)15-5-2-1-3-6-15/h1-3,5-10H,4,11-14H2,(H,23,30)(H,24,25,26). The second-order valence-electron chi connectivity index (χ2n) is 6.96. The van der Waals surface area contributed by atoms with Crippen molar-refractivity contribution in [1.82, 2.24) is 25.2 Å². The number of rotatable bonds is 3. The molecule has 1 fully saturated rings. The van der Waals surface area contributed by atoms with Gasteiger partial charge in [-0.05, 0) is 30.7 Å². The van der Waals surface area contributed by atoms with Gasteiger partial charge < -0.3 is 15.1 Å². The number of aromatic amines is 1. The van der Waals surface area contributed by atoms with Gasteiger partial charge in [0.15, 0.2) is 5.69 Å². The van der Waals surface area contributed by atoms with E-state index in [0.29, 0.717) is 54.7 Å². The number of amides is 3. The molecule has 0 radical (unpaired) electrons. The molecule has 0 aliphatic carbocycles. The molecular formula is C21H21ClN6O2. The Hall–Kier alpha value is -3.39. The van der Waals surface area contributed by atoms with Crippen molar-refractivity contribution < 1.29 is 9.59 Å². The Morgan fingerprint density at radius 1 is 0.900 bits per heavy atom. The van der Waals surface area contributed by atoms with E-state index in [9.17, 15) is 9.59 Å². The van der Waals surface area contributed by atoms with Crippen LogP contribution in [-0.2, 0) is 0 Å². The molecule has 4 rings (SSSR count). The lowest BCUT2D eigenvalue weighted by Gasteiger charge is -2.22. The van der Waals surface area contributed by atoms with E-state index >= 15 is 0 Å². The maximum Gasteiger partial charge on any atom is 0.321 e. The summed E-state index contributed by atoms with van der Waals surface area (Å²) >= 11 is 5.88. The number of urea groups is 1. The highest BCUT2D eigenvalue weighted by Gasteiger charge is 2.26. The minimum Gasteiger partial charge on any atom is -0.335 e. The largest absolute Gasteiger partial charge is 0.335 e. The summed E-state index contributed by atoms with van der Waals surface area (Å²) in [6.45, 7) is 1.97. The number of H-pyrrole nitrogens is 1. The molecule has 1 aliphatic rings. The van der Waals surface area contributed by atoms with Crippen molar-refractivity contribution in [3.05, 3.63) is 65.3 Å². The van der Waals surface area contributed by atoms with Crippen molar-refractivity contribution in [3.63, 3.8) is 0 Å². The topological polar surface area (TPSA) is 94.2 Å². The summed E-state index contributed by atoms with van der Waals surface area (Å²) in [6, 6.07) is 16.2. The molecule has 0 saturated carbocycles. The van der Waals surface area contributed by atoms with Crippen LogP contribution >= 0.6 is 11.6 Å². The van der Waals surface area contributed by atoms with Crippen LogP contribution in [-0.4, -0.2) is 63.3 Å². The van der Waals surface area contributed by atoms with Gasteiger partial charge in [0, 0.05) is 42.5 Å². The van der Waals surface area contributed by atoms with Gasteiger partial charge in [0.05, 0.1) is 0 Å². The molecule has 154 valence electrons. The second-order valence-corrected chi connectivity index (χ2v) is 7.39. The Morgan fingerprint density at radius 2 is 1.60 bits per heavy atom. The molecular weight excluding hydrogens is 404 g/mol. The van der Waals surface area contributed by atoms with Crippen molar-refractivity contribution in [2.45, 2.75) is 6.42 Å². The third-order valence-electron chi connectivity index (χ3n) is 4.96. The van der Waals surface area contributed by atoms with Crippen molar-refractivity contribution in [3.8, 4) is 11.3 Å². The molecule has 2 heterocycles. The fourth-order valence-electron chi connectivity index (χ4n) is 3.39. The monoisotopic (exact) mass is 424 g/mol. The van der Waals surface area contributed by atoms with Crippen LogP contribution in [0.2, 0.25) is 5.02 Å². The molecule has 2 N–H and O–H groups in total. The number of carbonyl (C=O) groups excluding carboxylic acids is 2. The minimum atomic E-state index is -0.196. The van der Waals surface area contributed by atoms with Gasteiger partial charge in [0.25, 0.3) is 5.91 Å². The van der Waals surface area contributed by atoms with Crippen LogP contribution in [0.1, 0.15) is 16.9 Å². The predicted octanol–water partition coefficient (Wildman–Crippen LogP) is 3.51. The number of nitrogens with one attached hydrogen (secondary N) is 2. The highest BCUT2D eigenvalue weighted by Crippen LogP contribution is 2.21. The van der Waals surface area contributed by atoms with Crippen LogP contribution in [0.15, 0.2) is 54.6 Å². The molecule has 1 aliphatic heterocycles. The third-order valence-corrected chi connectivity index (χ3v) is 5.22. The first-order valence-corrected chi connectivity index (χ1v) is 10.1. The molecule has 1 saturated heterocycles. The minimum absolute atomic E-state index is 0.192. The molecule has 0 unspecified atom stereocenters. The number of nitrogens with zero attached hydrogens (tertiary/aromatic N) is 4. The van der Waals surface area contributed by atoms with E-state index in [1.807, 2.05) is 30.3 Å². The highest BCUT2D eigenvalue weighted by atomic mass is 35.5. The van der Waals surface area contributed by atoms with Crippen LogP contribution in [0.25, 0.3) is 11.3 Å². The molecule has 8 nitrogen and oxygen atoms in total. The summed E-state index contributed by atoms with van der Waals surface area (Å²) in [5, 5.41) is 14.3. The van der Waals surface area contributed by atoms with Crippen LogP contribution in [0, 0.1) is 0 Å². The van der Waals surface area contributed by atoms with Crippen molar-refractivity contribution >= 4 is 29.2 Å². The quantitative estimate of drug-likeness (QED) is 0.672. The van der Waals surface area contributed by atoms with Crippen molar-refractivity contribution in [1.29, 1.82) is 0 Å². The summed E-state index contributed by atoms with van der Waals surface area (Å²) in [5.41, 5.74) is 2.33. The normalized spacial score (nSPS) is 14.3. The number of hydrogen-bond donors (Lipinski definition) is 2. The van der Waals surface area contributed by atoms with Crippen LogP contribution in [0.5, 0.6) is 0 Å². The fourth-order valence-corrected chi connectivity index (χ4v) is 3.51. The Labute approximate surface area is 178 Å². The van der Waals surface area contributed by atoms with Crippen LogP contribution in [0.4, 0.5) is 10.5 Å². The zero-order valence-electron chi connectivity index (χ0n) is 16.2. The van der Waals surface area contributed by atoms with E-state index in [4.69, 9.17) is 11.6 Å². The first-order valence-electron chi connectivity index (χ1n) is 9.69. The zero-order chi connectivity index (χ0) is 20.9. The van der Waals surface area contributed by atoms with Gasteiger partial charge in [-0.25, -0.2) is 4.79 Å². The van der Waals surface area contributed by atoms with Gasteiger partial charge in [-0.2, -0.15) is 15.4 Å². The lowest BCUT2D eigenvalue weighted by Crippen LogP contribution is -2.39. The molecule has 3 aromatic rings. The molecule has 0 spiro atoms. The zero-order valence-corrected chi connectivity index (χ0v) is 17.0.